The molecule has 0 saturated carbocycles. The van der Waals surface area contributed by atoms with E-state index < -0.39 is 0 Å². The molecule has 10 heteroatoms. The predicted molar refractivity (Wildman–Crippen MR) is 266 cm³/mol. The summed E-state index contributed by atoms with van der Waals surface area (Å²) in [5.74, 6) is 3.71. The Labute approximate surface area is 431 Å². The van der Waals surface area contributed by atoms with Crippen LogP contribution in [0.15, 0.2) is 146 Å². The molecule has 8 nitrogen and oxygen atoms in total. The Morgan fingerprint density at radius 1 is 0.493 bits per heavy atom. The summed E-state index contributed by atoms with van der Waals surface area (Å²) < 4.78 is 14.8. The molecule has 4 heterocycles. The molecular formula is C59H48N6O2Pd2. The fourth-order valence-corrected chi connectivity index (χ4v) is 8.64. The molecule has 0 unspecified atom stereocenters. The first-order valence-corrected chi connectivity index (χ1v) is 22.7. The summed E-state index contributed by atoms with van der Waals surface area (Å²) in [6.07, 6.45) is 8.96. The number of aryl methyl sites for hydroxylation is 2. The van der Waals surface area contributed by atoms with Crippen molar-refractivity contribution in [2.75, 3.05) is 0 Å². The van der Waals surface area contributed by atoms with Crippen LogP contribution in [0.3, 0.4) is 0 Å². The monoisotopic (exact) mass is 1080 g/mol. The Morgan fingerprint density at radius 3 is 1.32 bits per heavy atom. The normalized spacial score (nSPS) is 11.2. The Kier molecular flexibility index (Phi) is 15.1. The number of rotatable bonds is 13. The van der Waals surface area contributed by atoms with Crippen LogP contribution in [-0.4, -0.2) is 29.5 Å². The Bertz CT molecular complexity index is 3180. The zero-order valence-electron chi connectivity index (χ0n) is 39.1. The minimum Gasteiger partial charge on any atom is -0.503 e. The molecule has 10 rings (SSSR count). The van der Waals surface area contributed by atoms with Gasteiger partial charge in [-0.1, -0.05) is 112 Å². The van der Waals surface area contributed by atoms with Gasteiger partial charge in [-0.25, -0.2) is 15.0 Å². The first-order chi connectivity index (χ1) is 32.6. The van der Waals surface area contributed by atoms with Gasteiger partial charge in [0, 0.05) is 46.5 Å². The summed E-state index contributed by atoms with van der Waals surface area (Å²) in [5, 5.41) is 1.84. The minimum atomic E-state index is 0. The van der Waals surface area contributed by atoms with E-state index in [9.17, 15) is 0 Å². The second-order valence-corrected chi connectivity index (χ2v) is 17.9. The first kappa shape index (κ1) is 48.8. The first-order valence-electron chi connectivity index (χ1n) is 22.7. The number of ether oxygens (including phenoxy) is 2. The molecule has 69 heavy (non-hydrogen) atoms. The largest absolute Gasteiger partial charge is 2.00 e. The van der Waals surface area contributed by atoms with Crippen LogP contribution in [0.5, 0.6) is 23.0 Å². The van der Waals surface area contributed by atoms with Crippen LogP contribution in [0.25, 0.3) is 72.5 Å². The number of fused-ring (bicyclic) bond motifs is 3. The van der Waals surface area contributed by atoms with E-state index in [0.717, 1.165) is 79.5 Å². The zero-order chi connectivity index (χ0) is 46.0. The summed E-state index contributed by atoms with van der Waals surface area (Å²) in [6, 6.07) is 55.1. The average molecular weight is 1090 g/mol. The van der Waals surface area contributed by atoms with Crippen LogP contribution in [0, 0.1) is 49.9 Å². The molecule has 0 fully saturated rings. The molecule has 0 saturated heterocycles. The summed E-state index contributed by atoms with van der Waals surface area (Å²) in [4.78, 5) is 22.8. The van der Waals surface area contributed by atoms with Crippen molar-refractivity contribution in [3.63, 3.8) is 0 Å². The van der Waals surface area contributed by atoms with Gasteiger partial charge >= 0.3 is 40.8 Å². The number of aromatic nitrogens is 6. The maximum atomic E-state index is 6.45. The van der Waals surface area contributed by atoms with Gasteiger partial charge in [-0.3, -0.25) is 0 Å². The molecule has 0 radical (unpaired) electrons. The zero-order valence-corrected chi connectivity index (χ0v) is 42.2. The van der Waals surface area contributed by atoms with Crippen molar-refractivity contribution in [2.45, 2.75) is 54.4 Å². The van der Waals surface area contributed by atoms with Crippen molar-refractivity contribution >= 4 is 21.8 Å². The van der Waals surface area contributed by atoms with E-state index in [-0.39, 0.29) is 40.8 Å². The van der Waals surface area contributed by atoms with E-state index in [1.807, 2.05) is 77.6 Å². The number of benzene rings is 6. The molecule has 0 bridgehead atoms. The van der Waals surface area contributed by atoms with Crippen molar-refractivity contribution in [1.82, 2.24) is 29.5 Å². The van der Waals surface area contributed by atoms with E-state index in [4.69, 9.17) is 19.4 Å². The van der Waals surface area contributed by atoms with Crippen molar-refractivity contribution in [3.05, 3.63) is 193 Å². The van der Waals surface area contributed by atoms with E-state index in [0.29, 0.717) is 51.8 Å². The van der Waals surface area contributed by atoms with Crippen molar-refractivity contribution in [3.8, 4) is 73.7 Å². The van der Waals surface area contributed by atoms with E-state index in [2.05, 4.69) is 141 Å². The van der Waals surface area contributed by atoms with Gasteiger partial charge in [-0.2, -0.15) is 22.9 Å². The third-order valence-electron chi connectivity index (χ3n) is 11.8. The van der Waals surface area contributed by atoms with Gasteiger partial charge in [0.1, 0.15) is 12.7 Å². The molecule has 0 aliphatic rings. The molecule has 0 aliphatic heterocycles. The number of nitrogens with zero attached hydrogens (tertiary/aromatic N) is 6. The minimum absolute atomic E-state index is 0. The molecular weight excluding hydrogens is 1040 g/mol. The molecule has 0 amide bonds. The Hall–Kier alpha value is -6.65. The van der Waals surface area contributed by atoms with Crippen LogP contribution in [-0.2, 0) is 53.7 Å². The van der Waals surface area contributed by atoms with Gasteiger partial charge in [-0.05, 0) is 83.3 Å². The van der Waals surface area contributed by atoms with Gasteiger partial charge in [0.05, 0.1) is 0 Å². The Balaban J connectivity index is 0.00000321. The van der Waals surface area contributed by atoms with Gasteiger partial charge in [0.25, 0.3) is 0 Å². The molecule has 346 valence electrons. The fraction of sp³-hybridized carbons (Fsp3) is 0.169. The second-order valence-electron chi connectivity index (χ2n) is 17.9. The quantitative estimate of drug-likeness (QED) is 0.0839. The summed E-state index contributed by atoms with van der Waals surface area (Å²) >= 11 is 0. The van der Waals surface area contributed by atoms with Crippen LogP contribution < -0.4 is 9.47 Å². The summed E-state index contributed by atoms with van der Waals surface area (Å²) in [5.41, 5.74) is 14.2. The molecule has 0 N–H and O–H groups in total. The third kappa shape index (κ3) is 10.8. The molecule has 0 aliphatic carbocycles. The van der Waals surface area contributed by atoms with Gasteiger partial charge in [-0.15, -0.1) is 71.8 Å². The number of hydrogen-bond donors (Lipinski definition) is 0. The third-order valence-corrected chi connectivity index (χ3v) is 11.8. The summed E-state index contributed by atoms with van der Waals surface area (Å²) in [7, 11) is 0. The second kappa shape index (κ2) is 21.3. The van der Waals surface area contributed by atoms with Crippen molar-refractivity contribution in [2.24, 2.45) is 11.8 Å². The van der Waals surface area contributed by atoms with E-state index >= 15 is 0 Å². The number of pyridine rings is 2. The van der Waals surface area contributed by atoms with Crippen molar-refractivity contribution < 1.29 is 50.3 Å². The maximum Gasteiger partial charge on any atom is 2.00 e. The molecule has 4 aromatic heterocycles. The van der Waals surface area contributed by atoms with Gasteiger partial charge in [0.15, 0.2) is 0 Å². The van der Waals surface area contributed by atoms with Gasteiger partial charge in [0.2, 0.25) is 5.95 Å². The standard InChI is InChI=1S/C59H48N6O2.2Pd/c1-37(2)25-41-13-17-43(18-14-41)53-33-61-55(27-39(53)5)45-9-7-11-47(29-45)66-49-21-23-51-52-24-22-50(32-58(52)65(57(51)31-49)59-63-35-60-36-64-59)67-48-12-8-10-46(30-48)56-28-40(6)54(34-62-56)44-19-15-42(16-20-44)26-38(3)4;;/h7-24,27-28,33-38H,25-26H2,1-6H3;;/q-4;2*+2. The van der Waals surface area contributed by atoms with Gasteiger partial charge < -0.3 is 24.0 Å². The Morgan fingerprint density at radius 2 is 0.913 bits per heavy atom. The molecule has 6 aromatic carbocycles. The topological polar surface area (TPSA) is 87.8 Å². The molecule has 0 atom stereocenters. The maximum absolute atomic E-state index is 6.45. The van der Waals surface area contributed by atoms with Crippen LogP contribution >= 0.6 is 0 Å². The fourth-order valence-electron chi connectivity index (χ4n) is 8.64. The van der Waals surface area contributed by atoms with Crippen molar-refractivity contribution in [1.29, 1.82) is 0 Å². The van der Waals surface area contributed by atoms with Crippen LogP contribution in [0.4, 0.5) is 0 Å². The smallest absolute Gasteiger partial charge is 0.503 e. The van der Waals surface area contributed by atoms with E-state index in [1.165, 1.54) is 23.8 Å². The van der Waals surface area contributed by atoms with Crippen LogP contribution in [0.1, 0.15) is 49.9 Å². The summed E-state index contributed by atoms with van der Waals surface area (Å²) in [6.45, 7) is 13.2. The molecule has 10 aromatic rings. The predicted octanol–water partition coefficient (Wildman–Crippen LogP) is 14.2. The average Bonchev–Trinajstić information content (AvgIpc) is 3.65. The van der Waals surface area contributed by atoms with Crippen LogP contribution in [0.2, 0.25) is 0 Å². The van der Waals surface area contributed by atoms with E-state index in [1.54, 1.807) is 0 Å². The number of hydrogen-bond acceptors (Lipinski definition) is 7. The molecule has 0 spiro atoms. The SMILES string of the molecule is Cc1cc(-c2[c-]c(Oc3[c-]c4c(cc3)c3ccc(Oc5[c-]c(-c6cc(C)c(-c7ccc(CC(C)C)cc7)cn6)ccc5)[c-]c3n4-c3ncncn3)ccc2)ncc1-c1ccc(CC(C)C)cc1.[Pd+2].[Pd+2].